The lowest BCUT2D eigenvalue weighted by atomic mass is 10.1. The maximum Gasteiger partial charge on any atom is 0.242 e. The number of hydrogen-bond donors (Lipinski definition) is 1. The van der Waals surface area contributed by atoms with Crippen LogP contribution in [0, 0.1) is 0 Å². The fourth-order valence-corrected chi connectivity index (χ4v) is 3.93. The van der Waals surface area contributed by atoms with E-state index < -0.39 is 5.25 Å². The summed E-state index contributed by atoms with van der Waals surface area (Å²) in [6.45, 7) is 0. The van der Waals surface area contributed by atoms with Gasteiger partial charge in [-0.1, -0.05) is 53.2 Å². The van der Waals surface area contributed by atoms with Crippen LogP contribution in [0.5, 0.6) is 5.75 Å². The zero-order valence-electron chi connectivity index (χ0n) is 14.4. The zero-order chi connectivity index (χ0) is 19.2. The van der Waals surface area contributed by atoms with Crippen LogP contribution in [0.25, 0.3) is 0 Å². The summed E-state index contributed by atoms with van der Waals surface area (Å²) in [6.07, 6.45) is 1.70. The minimum Gasteiger partial charge on any atom is -0.497 e. The number of methoxy groups -OCH3 is 1. The molecule has 0 radical (unpaired) electrons. The first kappa shape index (κ1) is 19.5. The van der Waals surface area contributed by atoms with Crippen LogP contribution in [-0.4, -0.2) is 18.0 Å². The highest BCUT2D eigenvalue weighted by Gasteiger charge is 2.23. The number of nitrogens with one attached hydrogen (secondary N) is 1. The van der Waals surface area contributed by atoms with Crippen molar-refractivity contribution in [1.82, 2.24) is 4.98 Å². The van der Waals surface area contributed by atoms with Gasteiger partial charge in [-0.2, -0.15) is 0 Å². The molecular formula is C20H16Cl2N2O2S. The molecule has 27 heavy (non-hydrogen) atoms. The van der Waals surface area contributed by atoms with E-state index in [0.29, 0.717) is 15.7 Å². The molecule has 138 valence electrons. The topological polar surface area (TPSA) is 51.2 Å². The molecular weight excluding hydrogens is 403 g/mol. The third-order valence-electron chi connectivity index (χ3n) is 3.66. The van der Waals surface area contributed by atoms with Gasteiger partial charge in [-0.15, -0.1) is 0 Å². The quantitative estimate of drug-likeness (QED) is 0.508. The molecule has 4 nitrogen and oxygen atoms in total. The third-order valence-corrected chi connectivity index (χ3v) is 5.30. The molecule has 3 rings (SSSR count). The van der Waals surface area contributed by atoms with Crippen LogP contribution in [0.3, 0.4) is 0 Å². The van der Waals surface area contributed by atoms with Crippen LogP contribution in [0.4, 0.5) is 5.69 Å². The first-order valence-corrected chi connectivity index (χ1v) is 9.67. The van der Waals surface area contributed by atoms with Crippen LogP contribution >= 0.6 is 35.0 Å². The normalized spacial score (nSPS) is 11.7. The van der Waals surface area contributed by atoms with E-state index in [1.54, 1.807) is 31.5 Å². The predicted octanol–water partition coefficient (Wildman–Crippen LogP) is 5.87. The van der Waals surface area contributed by atoms with E-state index in [4.69, 9.17) is 27.9 Å². The van der Waals surface area contributed by atoms with E-state index in [-0.39, 0.29) is 5.91 Å². The van der Waals surface area contributed by atoms with Crippen molar-refractivity contribution in [2.45, 2.75) is 10.3 Å². The van der Waals surface area contributed by atoms with E-state index in [0.717, 1.165) is 16.3 Å². The van der Waals surface area contributed by atoms with Gasteiger partial charge in [0.05, 0.1) is 12.1 Å². The minimum atomic E-state index is -0.511. The summed E-state index contributed by atoms with van der Waals surface area (Å²) in [4.78, 5) is 17.3. The molecule has 0 aliphatic heterocycles. The van der Waals surface area contributed by atoms with Crippen molar-refractivity contribution in [3.05, 3.63) is 82.5 Å². The number of thioether (sulfide) groups is 1. The number of halogens is 2. The maximum atomic E-state index is 13.0. The summed E-state index contributed by atoms with van der Waals surface area (Å²) >= 11 is 13.4. The van der Waals surface area contributed by atoms with Crippen LogP contribution in [0.1, 0.15) is 10.8 Å². The number of ether oxygens (including phenoxy) is 1. The summed E-state index contributed by atoms with van der Waals surface area (Å²) in [5, 5.41) is 4.03. The number of anilines is 1. The molecule has 0 bridgehead atoms. The van der Waals surface area contributed by atoms with Gasteiger partial charge in [0.25, 0.3) is 0 Å². The van der Waals surface area contributed by atoms with Gasteiger partial charge in [-0.25, -0.2) is 4.98 Å². The second kappa shape index (κ2) is 9.13. The van der Waals surface area contributed by atoms with Crippen LogP contribution in [0.15, 0.2) is 71.9 Å². The number of aromatic nitrogens is 1. The fraction of sp³-hybridized carbons (Fsp3) is 0.100. The standard InChI is InChI=1S/C20H16Cl2N2O2S/c1-26-17-7-5-13(6-8-17)19(27-18-4-2-3-9-23-18)20(25)24-16-11-14(21)10-15(22)12-16/h2-12,19H,1H3,(H,24,25). The second-order valence-electron chi connectivity index (χ2n) is 5.59. The zero-order valence-corrected chi connectivity index (χ0v) is 16.7. The molecule has 0 aliphatic carbocycles. The van der Waals surface area contributed by atoms with Gasteiger partial charge >= 0.3 is 0 Å². The fourth-order valence-electron chi connectivity index (χ4n) is 2.42. The van der Waals surface area contributed by atoms with Gasteiger partial charge in [-0.05, 0) is 48.0 Å². The minimum absolute atomic E-state index is 0.200. The van der Waals surface area contributed by atoms with Gasteiger partial charge in [-0.3, -0.25) is 4.79 Å². The molecule has 1 amide bonds. The Morgan fingerprint density at radius 3 is 2.37 bits per heavy atom. The van der Waals surface area contributed by atoms with E-state index in [2.05, 4.69) is 10.3 Å². The monoisotopic (exact) mass is 418 g/mol. The Hall–Kier alpha value is -2.21. The average Bonchev–Trinajstić information content (AvgIpc) is 2.66. The molecule has 0 spiro atoms. The number of amides is 1. The Labute approximate surface area is 171 Å². The molecule has 1 aromatic heterocycles. The Balaban J connectivity index is 1.88. The molecule has 1 unspecified atom stereocenters. The molecule has 0 saturated carbocycles. The Bertz CT molecular complexity index is 901. The molecule has 7 heteroatoms. The van der Waals surface area contributed by atoms with Crippen molar-refractivity contribution < 1.29 is 9.53 Å². The molecule has 3 aromatic rings. The van der Waals surface area contributed by atoms with Crippen LogP contribution in [-0.2, 0) is 4.79 Å². The number of hydrogen-bond acceptors (Lipinski definition) is 4. The van der Waals surface area contributed by atoms with Crippen molar-refractivity contribution in [1.29, 1.82) is 0 Å². The van der Waals surface area contributed by atoms with Crippen molar-refractivity contribution in [3.8, 4) is 5.75 Å². The van der Waals surface area contributed by atoms with E-state index in [1.807, 2.05) is 42.5 Å². The second-order valence-corrected chi connectivity index (χ2v) is 7.58. The van der Waals surface area contributed by atoms with Gasteiger partial charge in [0.2, 0.25) is 5.91 Å². The van der Waals surface area contributed by atoms with Crippen LogP contribution in [0.2, 0.25) is 10.0 Å². The molecule has 0 aliphatic rings. The predicted molar refractivity (Wildman–Crippen MR) is 111 cm³/mol. The van der Waals surface area contributed by atoms with Crippen molar-refractivity contribution in [2.24, 2.45) is 0 Å². The van der Waals surface area contributed by atoms with Gasteiger partial charge in [0.1, 0.15) is 11.0 Å². The summed E-state index contributed by atoms with van der Waals surface area (Å²) in [5.41, 5.74) is 1.37. The number of pyridine rings is 1. The van der Waals surface area contributed by atoms with Crippen molar-refractivity contribution in [3.63, 3.8) is 0 Å². The molecule has 0 fully saturated rings. The van der Waals surface area contributed by atoms with Gasteiger partial charge < -0.3 is 10.1 Å². The van der Waals surface area contributed by atoms with Crippen LogP contribution < -0.4 is 10.1 Å². The number of rotatable bonds is 6. The van der Waals surface area contributed by atoms with Gasteiger partial charge in [0, 0.05) is 21.9 Å². The number of carbonyl (C=O) groups is 1. The van der Waals surface area contributed by atoms with E-state index in [1.165, 1.54) is 11.8 Å². The maximum absolute atomic E-state index is 13.0. The lowest BCUT2D eigenvalue weighted by molar-refractivity contribution is -0.115. The lowest BCUT2D eigenvalue weighted by Gasteiger charge is -2.17. The summed E-state index contributed by atoms with van der Waals surface area (Å²) in [7, 11) is 1.60. The Morgan fingerprint density at radius 1 is 1.07 bits per heavy atom. The number of nitrogens with zero attached hydrogens (tertiary/aromatic N) is 1. The third kappa shape index (κ3) is 5.39. The summed E-state index contributed by atoms with van der Waals surface area (Å²) in [5.74, 6) is 0.525. The highest BCUT2D eigenvalue weighted by Crippen LogP contribution is 2.36. The largest absolute Gasteiger partial charge is 0.497 e. The average molecular weight is 419 g/mol. The number of benzene rings is 2. The van der Waals surface area contributed by atoms with E-state index >= 15 is 0 Å². The van der Waals surface area contributed by atoms with Crippen molar-refractivity contribution >= 4 is 46.6 Å². The van der Waals surface area contributed by atoms with Gasteiger partial charge in [0.15, 0.2) is 0 Å². The first-order chi connectivity index (χ1) is 13.0. The lowest BCUT2D eigenvalue weighted by Crippen LogP contribution is -2.19. The number of carbonyl (C=O) groups excluding carboxylic acids is 1. The van der Waals surface area contributed by atoms with E-state index in [9.17, 15) is 4.79 Å². The summed E-state index contributed by atoms with van der Waals surface area (Å²) in [6, 6.07) is 17.9. The first-order valence-electron chi connectivity index (χ1n) is 8.04. The smallest absolute Gasteiger partial charge is 0.242 e. The van der Waals surface area contributed by atoms with Crippen molar-refractivity contribution in [2.75, 3.05) is 12.4 Å². The molecule has 1 heterocycles. The SMILES string of the molecule is COc1ccc(C(Sc2ccccn2)C(=O)Nc2cc(Cl)cc(Cl)c2)cc1. The molecule has 0 saturated heterocycles. The Morgan fingerprint density at radius 2 is 1.78 bits per heavy atom. The highest BCUT2D eigenvalue weighted by atomic mass is 35.5. The molecule has 1 atom stereocenters. The molecule has 1 N–H and O–H groups in total. The Kier molecular flexibility index (Phi) is 6.61. The summed E-state index contributed by atoms with van der Waals surface area (Å²) < 4.78 is 5.20. The molecule has 2 aromatic carbocycles. The highest BCUT2D eigenvalue weighted by molar-refractivity contribution is 8.00.